The van der Waals surface area contributed by atoms with Crippen LogP contribution in [0.5, 0.6) is 0 Å². The van der Waals surface area contributed by atoms with Crippen molar-refractivity contribution in [2.75, 3.05) is 12.8 Å². The summed E-state index contributed by atoms with van der Waals surface area (Å²) < 4.78 is 26.7. The fourth-order valence-electron chi connectivity index (χ4n) is 4.32. The molecule has 3 aromatic carbocycles. The highest BCUT2D eigenvalue weighted by Crippen LogP contribution is 2.25. The zero-order valence-electron chi connectivity index (χ0n) is 22.6. The fourth-order valence-corrected chi connectivity index (χ4v) is 5.18. The number of carbonyl (C=O) groups excluding carboxylic acids is 2. The monoisotopic (exact) mass is 590 g/mol. The molecule has 0 spiro atoms. The van der Waals surface area contributed by atoms with Crippen molar-refractivity contribution in [2.24, 2.45) is 0 Å². The van der Waals surface area contributed by atoms with E-state index in [4.69, 9.17) is 11.6 Å². The number of benzene rings is 3. The van der Waals surface area contributed by atoms with E-state index in [2.05, 4.69) is 10.3 Å². The van der Waals surface area contributed by atoms with Crippen LogP contribution in [0.4, 0.5) is 0 Å². The molecule has 0 fully saturated rings. The van der Waals surface area contributed by atoms with Crippen LogP contribution < -0.4 is 5.32 Å². The summed E-state index contributed by atoms with van der Waals surface area (Å²) in [5.74, 6) is -0.918. The predicted octanol–water partition coefficient (Wildman–Crippen LogP) is 4.58. The van der Waals surface area contributed by atoms with Crippen LogP contribution in [-0.4, -0.2) is 47.2 Å². The van der Waals surface area contributed by atoms with Gasteiger partial charge in [-0.1, -0.05) is 84.4 Å². The van der Waals surface area contributed by atoms with E-state index in [1.54, 1.807) is 85.2 Å². The van der Waals surface area contributed by atoms with E-state index in [0.717, 1.165) is 27.3 Å². The third-order valence-corrected chi connectivity index (χ3v) is 7.91. The van der Waals surface area contributed by atoms with Gasteiger partial charge in [-0.15, -0.1) is 0 Å². The highest BCUT2D eigenvalue weighted by Gasteiger charge is 2.33. The molecule has 0 aliphatic heterocycles. The summed E-state index contributed by atoms with van der Waals surface area (Å²) in [7, 11) is -3.77. The van der Waals surface area contributed by atoms with Crippen LogP contribution in [0.15, 0.2) is 109 Å². The van der Waals surface area contributed by atoms with E-state index in [0.29, 0.717) is 10.6 Å². The van der Waals surface area contributed by atoms with Crippen molar-refractivity contribution >= 4 is 33.4 Å². The minimum absolute atomic E-state index is 0.0183. The Labute approximate surface area is 245 Å². The Balaban J connectivity index is 1.69. The van der Waals surface area contributed by atoms with E-state index in [-0.39, 0.29) is 19.6 Å². The summed E-state index contributed by atoms with van der Waals surface area (Å²) in [4.78, 5) is 33.3. The van der Waals surface area contributed by atoms with Gasteiger partial charge in [-0.2, -0.15) is 4.31 Å². The maximum Gasteiger partial charge on any atom is 0.247 e. The van der Waals surface area contributed by atoms with Crippen LogP contribution in [0.25, 0.3) is 0 Å². The van der Waals surface area contributed by atoms with Gasteiger partial charge < -0.3 is 10.2 Å². The van der Waals surface area contributed by atoms with Crippen molar-refractivity contribution in [3.8, 4) is 0 Å². The number of amides is 2. The lowest BCUT2D eigenvalue weighted by atomic mass is 10.0. The number of carbonyl (C=O) groups is 2. The van der Waals surface area contributed by atoms with Gasteiger partial charge in [-0.3, -0.25) is 14.6 Å². The molecule has 0 saturated heterocycles. The molecule has 0 unspecified atom stereocenters. The van der Waals surface area contributed by atoms with Gasteiger partial charge in [-0.25, -0.2) is 8.42 Å². The number of sulfonamides is 1. The molecule has 212 valence electrons. The van der Waals surface area contributed by atoms with E-state index >= 15 is 0 Å². The van der Waals surface area contributed by atoms with Gasteiger partial charge in [0.15, 0.2) is 0 Å². The molecule has 0 aliphatic carbocycles. The maximum atomic E-state index is 14.1. The summed E-state index contributed by atoms with van der Waals surface area (Å²) in [6.07, 6.45) is 4.35. The lowest BCUT2D eigenvalue weighted by Gasteiger charge is -2.33. The Morgan fingerprint density at radius 3 is 2.00 bits per heavy atom. The van der Waals surface area contributed by atoms with Gasteiger partial charge in [-0.05, 0) is 46.5 Å². The number of aromatic nitrogens is 1. The van der Waals surface area contributed by atoms with Gasteiger partial charge in [0.2, 0.25) is 21.8 Å². The number of pyridine rings is 1. The van der Waals surface area contributed by atoms with Crippen molar-refractivity contribution < 1.29 is 18.0 Å². The third kappa shape index (κ3) is 8.72. The van der Waals surface area contributed by atoms with Crippen molar-refractivity contribution in [3.63, 3.8) is 0 Å². The van der Waals surface area contributed by atoms with Crippen molar-refractivity contribution in [1.29, 1.82) is 0 Å². The molecular formula is C31H31ClN4O4S. The van der Waals surface area contributed by atoms with Gasteiger partial charge in [0.05, 0.1) is 12.8 Å². The van der Waals surface area contributed by atoms with Crippen molar-refractivity contribution in [1.82, 2.24) is 19.5 Å². The molecule has 1 heterocycles. The highest BCUT2D eigenvalue weighted by atomic mass is 35.5. The van der Waals surface area contributed by atoms with Crippen LogP contribution in [0.2, 0.25) is 5.02 Å². The zero-order valence-corrected chi connectivity index (χ0v) is 24.1. The molecule has 4 aromatic rings. The first-order chi connectivity index (χ1) is 19.7. The second-order valence-electron chi connectivity index (χ2n) is 9.55. The lowest BCUT2D eigenvalue weighted by Crippen LogP contribution is -2.47. The number of nitrogens with one attached hydrogen (secondary N) is 1. The highest BCUT2D eigenvalue weighted by molar-refractivity contribution is 7.88. The SMILES string of the molecule is CS(=O)(=O)N(CC(=O)N(Cc1ccc(Cl)cc1)[C@@H](C(=O)NCc1ccncc1)c1ccccc1)Cc1ccccc1. The quantitative estimate of drug-likeness (QED) is 0.260. The summed E-state index contributed by atoms with van der Waals surface area (Å²) in [6.45, 7) is -0.134. The second-order valence-corrected chi connectivity index (χ2v) is 12.0. The van der Waals surface area contributed by atoms with Crippen molar-refractivity contribution in [3.05, 3.63) is 137 Å². The average Bonchev–Trinajstić information content (AvgIpc) is 2.97. The van der Waals surface area contributed by atoms with E-state index in [9.17, 15) is 18.0 Å². The van der Waals surface area contributed by atoms with Crippen LogP contribution in [0, 0.1) is 0 Å². The molecule has 0 bridgehead atoms. The Hall–Kier alpha value is -4.05. The molecule has 1 atom stereocenters. The van der Waals surface area contributed by atoms with Crippen LogP contribution >= 0.6 is 11.6 Å². The first-order valence-electron chi connectivity index (χ1n) is 13.0. The first kappa shape index (κ1) is 29.9. The standard InChI is InChI=1S/C31H31ClN4O4S/c1-41(39,40)35(21-25-8-4-2-5-9-25)23-29(37)36(22-26-12-14-28(32)15-13-26)30(27-10-6-3-7-11-27)31(38)34-20-24-16-18-33-19-17-24/h2-19,30H,20-23H2,1H3,(H,34,38)/t30-/m1/s1. The maximum absolute atomic E-state index is 14.1. The average molecular weight is 591 g/mol. The van der Waals surface area contributed by atoms with E-state index in [1.165, 1.54) is 4.90 Å². The predicted molar refractivity (Wildman–Crippen MR) is 159 cm³/mol. The number of hydrogen-bond donors (Lipinski definition) is 1. The Kier molecular flexibility index (Phi) is 10.2. The Morgan fingerprint density at radius 2 is 1.39 bits per heavy atom. The number of rotatable bonds is 12. The minimum Gasteiger partial charge on any atom is -0.350 e. The number of halogens is 1. The Bertz CT molecular complexity index is 1540. The summed E-state index contributed by atoms with van der Waals surface area (Å²) >= 11 is 6.09. The van der Waals surface area contributed by atoms with Gasteiger partial charge in [0, 0.05) is 37.1 Å². The topological polar surface area (TPSA) is 99.7 Å². The molecule has 4 rings (SSSR count). The second kappa shape index (κ2) is 14.0. The van der Waals surface area contributed by atoms with Crippen LogP contribution in [0.3, 0.4) is 0 Å². The smallest absolute Gasteiger partial charge is 0.247 e. The molecule has 1 aromatic heterocycles. The molecule has 0 radical (unpaired) electrons. The van der Waals surface area contributed by atoms with Crippen molar-refractivity contribution in [2.45, 2.75) is 25.7 Å². The molecule has 0 aliphatic rings. The summed E-state index contributed by atoms with van der Waals surface area (Å²) in [5.41, 5.74) is 2.92. The Morgan fingerprint density at radius 1 is 0.805 bits per heavy atom. The zero-order chi connectivity index (χ0) is 29.2. The van der Waals surface area contributed by atoms with Gasteiger partial charge >= 0.3 is 0 Å². The van der Waals surface area contributed by atoms with E-state index in [1.807, 2.05) is 24.3 Å². The molecular weight excluding hydrogens is 560 g/mol. The molecule has 10 heteroatoms. The summed E-state index contributed by atoms with van der Waals surface area (Å²) in [6, 6.07) is 27.5. The van der Waals surface area contributed by atoms with Crippen LogP contribution in [-0.2, 0) is 39.2 Å². The fraction of sp³-hybridized carbons (Fsp3) is 0.194. The molecule has 41 heavy (non-hydrogen) atoms. The van der Waals surface area contributed by atoms with Gasteiger partial charge in [0.25, 0.3) is 0 Å². The molecule has 2 amide bonds. The summed E-state index contributed by atoms with van der Waals surface area (Å²) in [5, 5.41) is 3.47. The third-order valence-electron chi connectivity index (χ3n) is 6.46. The van der Waals surface area contributed by atoms with Crippen LogP contribution in [0.1, 0.15) is 28.3 Å². The lowest BCUT2D eigenvalue weighted by molar-refractivity contribution is -0.141. The number of nitrogens with zero attached hydrogens (tertiary/aromatic N) is 3. The van der Waals surface area contributed by atoms with Gasteiger partial charge in [0.1, 0.15) is 6.04 Å². The molecule has 1 N–H and O–H groups in total. The van der Waals surface area contributed by atoms with E-state index < -0.39 is 34.4 Å². The largest absolute Gasteiger partial charge is 0.350 e. The minimum atomic E-state index is -3.77. The molecule has 0 saturated carbocycles. The first-order valence-corrected chi connectivity index (χ1v) is 15.2. The normalized spacial score (nSPS) is 12.1. The molecule has 8 nitrogen and oxygen atoms in total. The number of hydrogen-bond acceptors (Lipinski definition) is 5.